The number of nitrogens with one attached hydrogen (secondary N) is 1. The van der Waals surface area contributed by atoms with Crippen LogP contribution in [0.25, 0.3) is 0 Å². The molecule has 1 rings (SSSR count). The fourth-order valence-corrected chi connectivity index (χ4v) is 1.85. The van der Waals surface area contributed by atoms with Gasteiger partial charge in [0.1, 0.15) is 5.75 Å². The van der Waals surface area contributed by atoms with Crippen molar-refractivity contribution in [1.82, 2.24) is 5.32 Å². The number of methoxy groups -OCH3 is 1. The summed E-state index contributed by atoms with van der Waals surface area (Å²) in [5.74, 6) is 0.843. The van der Waals surface area contributed by atoms with Crippen LogP contribution in [0, 0.1) is 0 Å². The van der Waals surface area contributed by atoms with Crippen molar-refractivity contribution in [2.24, 2.45) is 0 Å². The van der Waals surface area contributed by atoms with E-state index in [9.17, 15) is 5.11 Å². The van der Waals surface area contributed by atoms with Crippen molar-refractivity contribution in [2.45, 2.75) is 32.4 Å². The van der Waals surface area contributed by atoms with Crippen LogP contribution in [0.4, 0.5) is 0 Å². The second-order valence-electron chi connectivity index (χ2n) is 5.10. The highest BCUT2D eigenvalue weighted by Crippen LogP contribution is 2.23. The first-order valence-electron chi connectivity index (χ1n) is 6.64. The van der Waals surface area contributed by atoms with Gasteiger partial charge in [-0.15, -0.1) is 0 Å². The van der Waals surface area contributed by atoms with Crippen LogP contribution in [0.2, 0.25) is 0 Å². The van der Waals surface area contributed by atoms with E-state index >= 15 is 0 Å². The van der Waals surface area contributed by atoms with Crippen LogP contribution < -0.4 is 10.1 Å². The molecular formula is C15H25NO3. The van der Waals surface area contributed by atoms with E-state index in [1.807, 2.05) is 45.0 Å². The van der Waals surface area contributed by atoms with Gasteiger partial charge in [0.15, 0.2) is 0 Å². The molecule has 1 atom stereocenters. The monoisotopic (exact) mass is 267 g/mol. The lowest BCUT2D eigenvalue weighted by molar-refractivity contribution is 0.148. The molecule has 0 aromatic heterocycles. The van der Waals surface area contributed by atoms with Crippen LogP contribution in [0.1, 0.15) is 26.3 Å². The quantitative estimate of drug-likeness (QED) is 0.707. The lowest BCUT2D eigenvalue weighted by Crippen LogP contribution is -2.44. The predicted octanol–water partition coefficient (Wildman–Crippen LogP) is 1.92. The Bertz CT molecular complexity index is 364. The van der Waals surface area contributed by atoms with Gasteiger partial charge < -0.3 is 19.9 Å². The molecule has 0 saturated heterocycles. The first-order chi connectivity index (χ1) is 9.01. The summed E-state index contributed by atoms with van der Waals surface area (Å²) >= 11 is 0. The van der Waals surface area contributed by atoms with Crippen molar-refractivity contribution in [3.8, 4) is 5.75 Å². The molecule has 0 radical (unpaired) electrons. The van der Waals surface area contributed by atoms with Crippen molar-refractivity contribution in [3.05, 3.63) is 29.8 Å². The molecule has 4 nitrogen and oxygen atoms in total. The Kier molecular flexibility index (Phi) is 6.28. The highest BCUT2D eigenvalue weighted by Gasteiger charge is 2.24. The third-order valence-corrected chi connectivity index (χ3v) is 3.00. The third-order valence-electron chi connectivity index (χ3n) is 3.00. The Morgan fingerprint density at radius 1 is 1.26 bits per heavy atom. The predicted molar refractivity (Wildman–Crippen MR) is 76.5 cm³/mol. The topological polar surface area (TPSA) is 50.7 Å². The van der Waals surface area contributed by atoms with Crippen molar-refractivity contribution in [2.75, 3.05) is 26.9 Å². The molecule has 4 heteroatoms. The van der Waals surface area contributed by atoms with E-state index in [1.54, 1.807) is 7.11 Å². The van der Waals surface area contributed by atoms with Crippen LogP contribution in [-0.2, 0) is 10.3 Å². The van der Waals surface area contributed by atoms with E-state index in [0.29, 0.717) is 13.2 Å². The SMILES string of the molecule is COCCNC(C)(CO)c1ccc(OC(C)C)cc1. The Labute approximate surface area is 115 Å². The second kappa shape index (κ2) is 7.48. The fourth-order valence-electron chi connectivity index (χ4n) is 1.85. The van der Waals surface area contributed by atoms with Crippen molar-refractivity contribution < 1.29 is 14.6 Å². The molecule has 1 unspecified atom stereocenters. The molecule has 2 N–H and O–H groups in total. The summed E-state index contributed by atoms with van der Waals surface area (Å²) in [5.41, 5.74) is 0.566. The number of benzene rings is 1. The number of ether oxygens (including phenoxy) is 2. The standard InChI is InChI=1S/C15H25NO3/c1-12(2)19-14-7-5-13(6-8-14)15(3,11-17)16-9-10-18-4/h5-8,12,16-17H,9-11H2,1-4H3. The molecule has 0 aliphatic carbocycles. The molecule has 0 fully saturated rings. The van der Waals surface area contributed by atoms with Crippen LogP contribution in [0.15, 0.2) is 24.3 Å². The number of aliphatic hydroxyl groups excluding tert-OH is 1. The minimum atomic E-state index is -0.463. The molecule has 0 amide bonds. The molecule has 1 aromatic rings. The summed E-state index contributed by atoms with van der Waals surface area (Å²) in [5, 5.41) is 12.9. The first-order valence-corrected chi connectivity index (χ1v) is 6.64. The number of rotatable bonds is 8. The maximum absolute atomic E-state index is 9.62. The molecule has 0 bridgehead atoms. The molecule has 108 valence electrons. The van der Waals surface area contributed by atoms with Gasteiger partial charge >= 0.3 is 0 Å². The maximum atomic E-state index is 9.62. The summed E-state index contributed by atoms with van der Waals surface area (Å²) in [7, 11) is 1.66. The molecule has 0 saturated carbocycles. The van der Waals surface area contributed by atoms with Crippen LogP contribution >= 0.6 is 0 Å². The highest BCUT2D eigenvalue weighted by atomic mass is 16.5. The summed E-state index contributed by atoms with van der Waals surface area (Å²) in [6.45, 7) is 7.31. The summed E-state index contributed by atoms with van der Waals surface area (Å²) in [6, 6.07) is 7.82. The molecule has 0 heterocycles. The van der Waals surface area contributed by atoms with E-state index in [-0.39, 0.29) is 12.7 Å². The molecule has 1 aromatic carbocycles. The van der Waals surface area contributed by atoms with E-state index in [2.05, 4.69) is 5.32 Å². The van der Waals surface area contributed by atoms with Crippen molar-refractivity contribution >= 4 is 0 Å². The van der Waals surface area contributed by atoms with Gasteiger partial charge in [0, 0.05) is 13.7 Å². The van der Waals surface area contributed by atoms with Gasteiger partial charge in [-0.2, -0.15) is 0 Å². The minimum absolute atomic E-state index is 0.0289. The largest absolute Gasteiger partial charge is 0.491 e. The molecule has 0 spiro atoms. The normalized spacial score (nSPS) is 14.4. The van der Waals surface area contributed by atoms with Crippen LogP contribution in [0.5, 0.6) is 5.75 Å². The van der Waals surface area contributed by atoms with Gasteiger partial charge in [-0.3, -0.25) is 0 Å². The minimum Gasteiger partial charge on any atom is -0.491 e. The molecule has 0 aliphatic heterocycles. The smallest absolute Gasteiger partial charge is 0.119 e. The highest BCUT2D eigenvalue weighted by molar-refractivity contribution is 5.31. The summed E-state index contributed by atoms with van der Waals surface area (Å²) in [4.78, 5) is 0. The Morgan fingerprint density at radius 2 is 1.89 bits per heavy atom. The number of hydrogen-bond donors (Lipinski definition) is 2. The van der Waals surface area contributed by atoms with Crippen LogP contribution in [0.3, 0.4) is 0 Å². The zero-order chi connectivity index (χ0) is 14.3. The van der Waals surface area contributed by atoms with Crippen molar-refractivity contribution in [3.63, 3.8) is 0 Å². The van der Waals surface area contributed by atoms with E-state index in [1.165, 1.54) is 0 Å². The lowest BCUT2D eigenvalue weighted by atomic mass is 9.93. The van der Waals surface area contributed by atoms with Crippen molar-refractivity contribution in [1.29, 1.82) is 0 Å². The number of hydrogen-bond acceptors (Lipinski definition) is 4. The van der Waals surface area contributed by atoms with Gasteiger partial charge in [0.05, 0.1) is 24.9 Å². The van der Waals surface area contributed by atoms with Crippen LogP contribution in [-0.4, -0.2) is 38.1 Å². The van der Waals surface area contributed by atoms with Gasteiger partial charge in [-0.25, -0.2) is 0 Å². The summed E-state index contributed by atoms with van der Waals surface area (Å²) in [6.07, 6.45) is 0.162. The Hall–Kier alpha value is -1.10. The number of aliphatic hydroxyl groups is 1. The van der Waals surface area contributed by atoms with Gasteiger partial charge in [-0.1, -0.05) is 12.1 Å². The van der Waals surface area contributed by atoms with E-state index in [4.69, 9.17) is 9.47 Å². The molecular weight excluding hydrogens is 242 g/mol. The first kappa shape index (κ1) is 16.0. The zero-order valence-corrected chi connectivity index (χ0v) is 12.3. The zero-order valence-electron chi connectivity index (χ0n) is 12.3. The molecule has 19 heavy (non-hydrogen) atoms. The Balaban J connectivity index is 2.74. The van der Waals surface area contributed by atoms with Gasteiger partial charge in [-0.05, 0) is 38.5 Å². The average Bonchev–Trinajstić information content (AvgIpc) is 2.39. The van der Waals surface area contributed by atoms with Gasteiger partial charge in [0.25, 0.3) is 0 Å². The molecule has 0 aliphatic rings. The fraction of sp³-hybridized carbons (Fsp3) is 0.600. The lowest BCUT2D eigenvalue weighted by Gasteiger charge is -2.29. The second-order valence-corrected chi connectivity index (χ2v) is 5.10. The third kappa shape index (κ3) is 4.82. The van der Waals surface area contributed by atoms with E-state index in [0.717, 1.165) is 11.3 Å². The maximum Gasteiger partial charge on any atom is 0.119 e. The van der Waals surface area contributed by atoms with E-state index < -0.39 is 5.54 Å². The van der Waals surface area contributed by atoms with Gasteiger partial charge in [0.2, 0.25) is 0 Å². The Morgan fingerprint density at radius 3 is 2.37 bits per heavy atom. The average molecular weight is 267 g/mol. The summed E-state index contributed by atoms with van der Waals surface area (Å²) < 4.78 is 10.6.